The van der Waals surface area contributed by atoms with E-state index in [1.807, 2.05) is 13.8 Å². The van der Waals surface area contributed by atoms with Crippen molar-refractivity contribution in [3.05, 3.63) is 28.1 Å². The highest BCUT2D eigenvalue weighted by atomic mass is 19.1. The van der Waals surface area contributed by atoms with E-state index >= 15 is 4.39 Å². The van der Waals surface area contributed by atoms with Gasteiger partial charge in [0.05, 0.1) is 36.4 Å². The van der Waals surface area contributed by atoms with Crippen LogP contribution in [-0.4, -0.2) is 123 Å². The van der Waals surface area contributed by atoms with E-state index in [2.05, 4.69) is 0 Å². The van der Waals surface area contributed by atoms with Crippen molar-refractivity contribution in [1.82, 2.24) is 15.1 Å². The fraction of sp³-hybridized carbons (Fsp3) is 0.444. The third kappa shape index (κ3) is 5.21. The number of nitrogens with one attached hydrogen (secondary N) is 1. The molecule has 2 aromatic carbocycles. The van der Waals surface area contributed by atoms with Gasteiger partial charge in [0.1, 0.15) is 6.61 Å². The van der Waals surface area contributed by atoms with Crippen LogP contribution in [-0.2, 0) is 34.0 Å². The van der Waals surface area contributed by atoms with E-state index in [1.54, 1.807) is 4.90 Å². The first-order chi connectivity index (χ1) is 21.5. The lowest BCUT2D eigenvalue weighted by molar-refractivity contribution is -0.355. The molecule has 5 rings (SSSR count). The Morgan fingerprint density at radius 1 is 0.870 bits per heavy atom. The Kier molecular flexibility index (Phi) is 9.12. The number of imide groups is 1. The number of carbonyl (C=O) groups excluding carboxylic acids is 3. The Hall–Kier alpha value is -4.66. The summed E-state index contributed by atoms with van der Waals surface area (Å²) in [4.78, 5) is 39.5. The highest BCUT2D eigenvalue weighted by molar-refractivity contribution is 6.10. The number of benzene rings is 2. The molecule has 18 nitrogen and oxygen atoms in total. The molecule has 3 aliphatic rings. The second kappa shape index (κ2) is 12.3. The molecule has 0 bridgehead atoms. The summed E-state index contributed by atoms with van der Waals surface area (Å²) in [6.45, 7) is 3.24. The van der Waals surface area contributed by atoms with Crippen LogP contribution in [0.4, 0.5) is 4.39 Å². The Balaban J connectivity index is 0.00000235. The zero-order valence-corrected chi connectivity index (χ0v) is 24.3. The lowest BCUT2D eigenvalue weighted by Gasteiger charge is -2.44. The van der Waals surface area contributed by atoms with Gasteiger partial charge in [0, 0.05) is 25.2 Å². The number of aromatic hydroxyl groups is 6. The lowest BCUT2D eigenvalue weighted by Crippen LogP contribution is -2.79. The minimum Gasteiger partial charge on any atom is -0.504 e. The Bertz CT molecular complexity index is 1560. The van der Waals surface area contributed by atoms with Gasteiger partial charge in [-0.25, -0.2) is 4.39 Å². The van der Waals surface area contributed by atoms with E-state index in [1.165, 1.54) is 5.32 Å². The number of aliphatic hydroxyl groups is 4. The number of phenols is 6. The molecule has 3 heterocycles. The topological polar surface area (TPSA) is 290 Å². The number of carbonyl (C=O) groups is 3. The second-order valence-corrected chi connectivity index (χ2v) is 10.3. The number of halogens is 1. The van der Waals surface area contributed by atoms with Crippen LogP contribution in [0.5, 0.6) is 40.2 Å². The fourth-order valence-electron chi connectivity index (χ4n) is 5.22. The number of rotatable bonds is 6. The molecular weight excluding hydrogens is 625 g/mol. The summed E-state index contributed by atoms with van der Waals surface area (Å²) in [5.41, 5.74) is -2.62. The maximum absolute atomic E-state index is 15.2. The van der Waals surface area contributed by atoms with Gasteiger partial charge in [-0.15, -0.1) is 0 Å². The highest BCUT2D eigenvalue weighted by Gasteiger charge is 2.67. The molecule has 3 aliphatic heterocycles. The van der Waals surface area contributed by atoms with Crippen LogP contribution >= 0.6 is 0 Å². The normalized spacial score (nSPS) is 20.5. The minimum atomic E-state index is -4.02. The number of phenolic OH excluding ortho intramolecular Hbond substituents is 6. The van der Waals surface area contributed by atoms with Gasteiger partial charge in [0.25, 0.3) is 23.5 Å². The summed E-state index contributed by atoms with van der Waals surface area (Å²) < 4.78 is 25.8. The van der Waals surface area contributed by atoms with Crippen LogP contribution in [0.15, 0.2) is 0 Å². The largest absolute Gasteiger partial charge is 0.504 e. The number of hydrogen-bond donors (Lipinski definition) is 11. The standard InChI is InChI=1S/C25H26FN3O15.C2H6/c26-12-10(15(32)14(31)9(13(12)30)5-28-1-3-43-4-2-28)7-44-19-8-6-29(22(37)11(8)16(33)17(34)18(19)35)20-21(36)27-23(38)25(41,42)24(20,39)40;1-2/h20,30-35,39-42H,1-7H2,(H,27,36,38);1-2H3. The Labute approximate surface area is 258 Å². The van der Waals surface area contributed by atoms with Gasteiger partial charge >= 0.3 is 5.79 Å². The Morgan fingerprint density at radius 3 is 2.07 bits per heavy atom. The molecule has 19 heteroatoms. The monoisotopic (exact) mass is 657 g/mol. The van der Waals surface area contributed by atoms with E-state index < -0.39 is 111 Å². The van der Waals surface area contributed by atoms with Gasteiger partial charge in [-0.3, -0.25) is 24.6 Å². The first-order valence-corrected chi connectivity index (χ1v) is 13.7. The van der Waals surface area contributed by atoms with Crippen molar-refractivity contribution >= 4 is 17.7 Å². The summed E-state index contributed by atoms with van der Waals surface area (Å²) >= 11 is 0. The van der Waals surface area contributed by atoms with Crippen molar-refractivity contribution in [2.45, 2.75) is 51.2 Å². The number of hydrogen-bond acceptors (Lipinski definition) is 16. The van der Waals surface area contributed by atoms with Crippen molar-refractivity contribution in [2.75, 3.05) is 26.3 Å². The molecule has 0 saturated carbocycles. The van der Waals surface area contributed by atoms with Gasteiger partial charge < -0.3 is 65.4 Å². The molecule has 1 atom stereocenters. The zero-order chi connectivity index (χ0) is 34.5. The van der Waals surface area contributed by atoms with Crippen LogP contribution in [0.2, 0.25) is 0 Å². The summed E-state index contributed by atoms with van der Waals surface area (Å²) in [6, 6.07) is -2.62. The first kappa shape index (κ1) is 34.2. The zero-order valence-electron chi connectivity index (χ0n) is 24.3. The number of amides is 3. The van der Waals surface area contributed by atoms with Crippen LogP contribution in [0.25, 0.3) is 0 Å². The van der Waals surface area contributed by atoms with E-state index in [0.717, 1.165) is 0 Å². The van der Waals surface area contributed by atoms with Crippen molar-refractivity contribution in [3.8, 4) is 40.2 Å². The van der Waals surface area contributed by atoms with Gasteiger partial charge in [0.15, 0.2) is 40.6 Å². The second-order valence-electron chi connectivity index (χ2n) is 10.3. The summed E-state index contributed by atoms with van der Waals surface area (Å²) in [5, 5.41) is 105. The maximum Gasteiger partial charge on any atom is 0.303 e. The van der Waals surface area contributed by atoms with Crippen LogP contribution in [0, 0.1) is 5.82 Å². The molecular formula is C27H32FN3O15. The molecule has 11 N–H and O–H groups in total. The average Bonchev–Trinajstić information content (AvgIpc) is 3.35. The summed E-state index contributed by atoms with van der Waals surface area (Å²) in [5.74, 6) is -22.2. The lowest BCUT2D eigenvalue weighted by atomic mass is 9.90. The van der Waals surface area contributed by atoms with Gasteiger partial charge in [0.2, 0.25) is 11.5 Å². The van der Waals surface area contributed by atoms with Crippen molar-refractivity contribution in [1.29, 1.82) is 0 Å². The molecule has 252 valence electrons. The molecule has 0 aromatic heterocycles. The molecule has 2 fully saturated rings. The SMILES string of the molecule is CC.O=C1NC(=O)C(O)(O)C(O)(O)C1N1Cc2c(OCc3c(O)c(O)c(CN4CCOCC4)c(O)c3F)c(O)c(O)c(O)c2C1=O. The highest BCUT2D eigenvalue weighted by Crippen LogP contribution is 2.52. The van der Waals surface area contributed by atoms with Gasteiger partial charge in [-0.05, 0) is 0 Å². The quantitative estimate of drug-likeness (QED) is 0.0682. The number of fused-ring (bicyclic) bond motifs is 1. The predicted molar refractivity (Wildman–Crippen MR) is 146 cm³/mol. The number of morpholine rings is 1. The van der Waals surface area contributed by atoms with Gasteiger partial charge in [-0.2, -0.15) is 0 Å². The third-order valence-electron chi connectivity index (χ3n) is 7.69. The smallest absolute Gasteiger partial charge is 0.303 e. The summed E-state index contributed by atoms with van der Waals surface area (Å²) in [6.07, 6.45) is 0. The van der Waals surface area contributed by atoms with Crippen molar-refractivity contribution in [3.63, 3.8) is 0 Å². The van der Waals surface area contributed by atoms with E-state index in [-0.39, 0.29) is 17.0 Å². The fourth-order valence-corrected chi connectivity index (χ4v) is 5.22. The first-order valence-electron chi connectivity index (χ1n) is 13.7. The molecule has 46 heavy (non-hydrogen) atoms. The number of ether oxygens (including phenoxy) is 2. The van der Waals surface area contributed by atoms with Crippen LogP contribution < -0.4 is 10.1 Å². The molecule has 1 unspecified atom stereocenters. The molecule has 2 aromatic rings. The van der Waals surface area contributed by atoms with Crippen molar-refractivity contribution < 1.29 is 79.3 Å². The average molecular weight is 658 g/mol. The van der Waals surface area contributed by atoms with Crippen LogP contribution in [0.3, 0.4) is 0 Å². The molecule has 0 aliphatic carbocycles. The van der Waals surface area contributed by atoms with Gasteiger partial charge in [-0.1, -0.05) is 13.8 Å². The third-order valence-corrected chi connectivity index (χ3v) is 7.69. The number of piperidine rings is 1. The number of nitrogens with zero attached hydrogens (tertiary/aromatic N) is 2. The van der Waals surface area contributed by atoms with E-state index in [4.69, 9.17) is 9.47 Å². The summed E-state index contributed by atoms with van der Waals surface area (Å²) in [7, 11) is 0. The molecule has 0 spiro atoms. The van der Waals surface area contributed by atoms with Crippen molar-refractivity contribution in [2.24, 2.45) is 0 Å². The maximum atomic E-state index is 15.2. The van der Waals surface area contributed by atoms with E-state index in [9.17, 15) is 65.4 Å². The predicted octanol–water partition coefficient (Wildman–Crippen LogP) is -2.16. The molecule has 0 radical (unpaired) electrons. The van der Waals surface area contributed by atoms with E-state index in [0.29, 0.717) is 26.3 Å². The molecule has 2 saturated heterocycles. The molecule has 3 amide bonds. The minimum absolute atomic E-state index is 0.161. The van der Waals surface area contributed by atoms with Crippen LogP contribution in [0.1, 0.15) is 40.9 Å². The Morgan fingerprint density at radius 2 is 1.46 bits per heavy atom.